The van der Waals surface area contributed by atoms with Crippen LogP contribution < -0.4 is 11.3 Å². The lowest BCUT2D eigenvalue weighted by atomic mass is 10.0. The van der Waals surface area contributed by atoms with Gasteiger partial charge in [0.1, 0.15) is 5.58 Å². The molecule has 92 valence electrons. The summed E-state index contributed by atoms with van der Waals surface area (Å²) in [5.74, 6) is 5.71. The van der Waals surface area contributed by atoms with Crippen molar-refractivity contribution in [3.05, 3.63) is 56.9 Å². The van der Waals surface area contributed by atoms with E-state index in [1.54, 1.807) is 17.6 Å². The molecule has 3 nitrogen and oxygen atoms in total. The molecule has 0 fully saturated rings. The smallest absolute Gasteiger partial charge is 0.134 e. The van der Waals surface area contributed by atoms with E-state index in [1.807, 2.05) is 29.6 Å². The number of fused-ring (bicyclic) bond motifs is 1. The predicted octanol–water partition coefficient (Wildman–Crippen LogP) is 3.81. The zero-order valence-electron chi connectivity index (χ0n) is 9.39. The van der Waals surface area contributed by atoms with Gasteiger partial charge in [0.15, 0.2) is 0 Å². The van der Waals surface area contributed by atoms with Crippen LogP contribution in [0, 0.1) is 0 Å². The Labute approximate surface area is 117 Å². The van der Waals surface area contributed by atoms with Crippen LogP contribution in [0.2, 0.25) is 0 Å². The first-order valence-corrected chi connectivity index (χ1v) is 7.18. The highest BCUT2D eigenvalue weighted by atomic mass is 79.9. The Bertz CT molecular complexity index is 676. The highest BCUT2D eigenvalue weighted by Crippen LogP contribution is 2.35. The van der Waals surface area contributed by atoms with Gasteiger partial charge in [0.25, 0.3) is 0 Å². The van der Waals surface area contributed by atoms with Crippen LogP contribution in [-0.4, -0.2) is 0 Å². The molecule has 1 atom stereocenters. The van der Waals surface area contributed by atoms with Gasteiger partial charge in [-0.15, -0.1) is 0 Å². The molecule has 1 aromatic carbocycles. The summed E-state index contributed by atoms with van der Waals surface area (Å²) in [6.45, 7) is 0. The van der Waals surface area contributed by atoms with Crippen molar-refractivity contribution in [1.82, 2.24) is 5.43 Å². The molecule has 0 saturated carbocycles. The van der Waals surface area contributed by atoms with E-state index < -0.39 is 0 Å². The Balaban J connectivity index is 2.15. The van der Waals surface area contributed by atoms with Gasteiger partial charge in [0.2, 0.25) is 0 Å². The molecule has 0 bridgehead atoms. The first kappa shape index (κ1) is 11.9. The van der Waals surface area contributed by atoms with Crippen LogP contribution >= 0.6 is 27.3 Å². The van der Waals surface area contributed by atoms with Crippen molar-refractivity contribution in [2.75, 3.05) is 0 Å². The van der Waals surface area contributed by atoms with E-state index in [1.165, 1.54) is 0 Å². The Morgan fingerprint density at radius 3 is 2.78 bits per heavy atom. The number of hydrogen-bond acceptors (Lipinski definition) is 4. The molecule has 18 heavy (non-hydrogen) atoms. The monoisotopic (exact) mass is 322 g/mol. The molecule has 0 radical (unpaired) electrons. The Kier molecular flexibility index (Phi) is 3.22. The number of benzene rings is 1. The number of nitrogens with one attached hydrogen (secondary N) is 1. The van der Waals surface area contributed by atoms with E-state index in [-0.39, 0.29) is 6.04 Å². The van der Waals surface area contributed by atoms with Crippen LogP contribution in [0.15, 0.2) is 50.2 Å². The minimum atomic E-state index is -0.0747. The maximum atomic E-state index is 5.71. The zero-order valence-corrected chi connectivity index (χ0v) is 11.8. The second-order valence-corrected chi connectivity index (χ2v) is 5.56. The van der Waals surface area contributed by atoms with Gasteiger partial charge < -0.3 is 4.42 Å². The van der Waals surface area contributed by atoms with Gasteiger partial charge in [-0.25, -0.2) is 5.43 Å². The molecule has 3 aromatic rings. The van der Waals surface area contributed by atoms with Crippen molar-refractivity contribution in [2.45, 2.75) is 6.04 Å². The first-order valence-electron chi connectivity index (χ1n) is 5.45. The van der Waals surface area contributed by atoms with E-state index in [4.69, 9.17) is 10.3 Å². The molecular weight excluding hydrogens is 312 g/mol. The summed E-state index contributed by atoms with van der Waals surface area (Å²) in [6, 6.07) is 7.88. The van der Waals surface area contributed by atoms with Gasteiger partial charge in [-0.3, -0.25) is 5.84 Å². The lowest BCUT2D eigenvalue weighted by Gasteiger charge is -2.14. The third-order valence-corrected chi connectivity index (χ3v) is 4.69. The van der Waals surface area contributed by atoms with Gasteiger partial charge >= 0.3 is 0 Å². The van der Waals surface area contributed by atoms with Gasteiger partial charge in [-0.2, -0.15) is 11.3 Å². The van der Waals surface area contributed by atoms with Crippen molar-refractivity contribution < 1.29 is 4.42 Å². The third kappa shape index (κ3) is 1.89. The number of nitrogens with two attached hydrogens (primary N) is 1. The summed E-state index contributed by atoms with van der Waals surface area (Å²) in [7, 11) is 0. The number of thiophene rings is 1. The average Bonchev–Trinajstić information content (AvgIpc) is 2.99. The predicted molar refractivity (Wildman–Crippen MR) is 77.4 cm³/mol. The minimum absolute atomic E-state index is 0.0747. The lowest BCUT2D eigenvalue weighted by Crippen LogP contribution is -2.28. The maximum Gasteiger partial charge on any atom is 0.134 e. The van der Waals surface area contributed by atoms with Crippen molar-refractivity contribution in [1.29, 1.82) is 0 Å². The number of hydrogen-bond donors (Lipinski definition) is 2. The average molecular weight is 323 g/mol. The summed E-state index contributed by atoms with van der Waals surface area (Å²) in [5, 5.41) is 5.21. The molecule has 2 aromatic heterocycles. The van der Waals surface area contributed by atoms with Crippen LogP contribution in [-0.2, 0) is 0 Å². The van der Waals surface area contributed by atoms with Crippen LogP contribution in [0.1, 0.15) is 17.2 Å². The van der Waals surface area contributed by atoms with E-state index >= 15 is 0 Å². The Morgan fingerprint density at radius 1 is 1.22 bits per heavy atom. The molecule has 0 aliphatic heterocycles. The summed E-state index contributed by atoms with van der Waals surface area (Å²) in [5.41, 5.74) is 5.90. The normalized spacial score (nSPS) is 13.0. The SMILES string of the molecule is NNC(c1cscc1Br)c1coc2ccccc12. The third-order valence-electron chi connectivity index (χ3n) is 2.94. The second-order valence-electron chi connectivity index (χ2n) is 3.96. The topological polar surface area (TPSA) is 51.2 Å². The molecular formula is C13H11BrN2OS. The van der Waals surface area contributed by atoms with Crippen LogP contribution in [0.3, 0.4) is 0 Å². The quantitative estimate of drug-likeness (QED) is 0.569. The number of furan rings is 1. The van der Waals surface area contributed by atoms with Crippen LogP contribution in [0.25, 0.3) is 11.0 Å². The fraction of sp³-hybridized carbons (Fsp3) is 0.0769. The fourth-order valence-electron chi connectivity index (χ4n) is 2.07. The maximum absolute atomic E-state index is 5.71. The van der Waals surface area contributed by atoms with Gasteiger partial charge in [0.05, 0.1) is 12.3 Å². The van der Waals surface area contributed by atoms with Crippen molar-refractivity contribution in [3.8, 4) is 0 Å². The molecule has 0 aliphatic carbocycles. The minimum Gasteiger partial charge on any atom is -0.464 e. The summed E-state index contributed by atoms with van der Waals surface area (Å²) < 4.78 is 6.62. The number of halogens is 1. The Hall–Kier alpha value is -1.14. The molecule has 3 N–H and O–H groups in total. The highest BCUT2D eigenvalue weighted by molar-refractivity contribution is 9.10. The molecule has 1 unspecified atom stereocenters. The van der Waals surface area contributed by atoms with Crippen LogP contribution in [0.4, 0.5) is 0 Å². The van der Waals surface area contributed by atoms with Crippen molar-refractivity contribution >= 4 is 38.2 Å². The lowest BCUT2D eigenvalue weighted by molar-refractivity contribution is 0.586. The van der Waals surface area contributed by atoms with Gasteiger partial charge in [-0.1, -0.05) is 18.2 Å². The summed E-state index contributed by atoms with van der Waals surface area (Å²) in [6.07, 6.45) is 1.76. The summed E-state index contributed by atoms with van der Waals surface area (Å²) >= 11 is 5.18. The van der Waals surface area contributed by atoms with Crippen molar-refractivity contribution in [3.63, 3.8) is 0 Å². The number of para-hydroxylation sites is 1. The standard InChI is InChI=1S/C13H11BrN2OS/c14-11-7-18-6-10(11)13(16-15)9-5-17-12-4-2-1-3-8(9)12/h1-7,13,16H,15H2. The first-order chi connectivity index (χ1) is 8.81. The van der Waals surface area contributed by atoms with E-state index in [0.29, 0.717) is 0 Å². The zero-order chi connectivity index (χ0) is 12.5. The van der Waals surface area contributed by atoms with E-state index in [2.05, 4.69) is 26.7 Å². The van der Waals surface area contributed by atoms with Crippen LogP contribution in [0.5, 0.6) is 0 Å². The highest BCUT2D eigenvalue weighted by Gasteiger charge is 2.20. The molecule has 5 heteroatoms. The molecule has 3 rings (SSSR count). The fourth-order valence-corrected chi connectivity index (χ4v) is 3.62. The number of rotatable bonds is 3. The van der Waals surface area contributed by atoms with Gasteiger partial charge in [0, 0.05) is 20.8 Å². The molecule has 0 aliphatic rings. The van der Waals surface area contributed by atoms with Gasteiger partial charge in [-0.05, 0) is 32.9 Å². The largest absolute Gasteiger partial charge is 0.464 e. The van der Waals surface area contributed by atoms with E-state index in [0.717, 1.165) is 26.6 Å². The summed E-state index contributed by atoms with van der Waals surface area (Å²) in [4.78, 5) is 0. The van der Waals surface area contributed by atoms with Crippen molar-refractivity contribution in [2.24, 2.45) is 5.84 Å². The molecule has 0 amide bonds. The molecule has 2 heterocycles. The molecule has 0 spiro atoms. The Morgan fingerprint density at radius 2 is 2.06 bits per heavy atom. The number of hydrazine groups is 1. The molecule has 0 saturated heterocycles. The van der Waals surface area contributed by atoms with E-state index in [9.17, 15) is 0 Å². The second kappa shape index (κ2) is 4.85.